The molecular formula is C15H14ClN3O2S. The lowest BCUT2D eigenvalue weighted by Crippen LogP contribution is -2.03. The largest absolute Gasteiger partial charge is 0.365 e. The number of sulfone groups is 1. The molecule has 0 fully saturated rings. The molecule has 22 heavy (non-hydrogen) atoms. The molecular weight excluding hydrogens is 322 g/mol. The van der Waals surface area contributed by atoms with Crippen molar-refractivity contribution in [2.24, 2.45) is 0 Å². The Morgan fingerprint density at radius 2 is 1.91 bits per heavy atom. The molecule has 0 aliphatic heterocycles. The molecule has 5 nitrogen and oxygen atoms in total. The van der Waals surface area contributed by atoms with Crippen LogP contribution in [-0.2, 0) is 22.1 Å². The molecule has 2 rings (SSSR count). The molecule has 1 aromatic heterocycles. The van der Waals surface area contributed by atoms with Crippen LogP contribution in [-0.4, -0.2) is 19.7 Å². The van der Waals surface area contributed by atoms with E-state index in [0.29, 0.717) is 22.9 Å². The van der Waals surface area contributed by atoms with Crippen molar-refractivity contribution in [3.63, 3.8) is 0 Å². The predicted octanol–water partition coefficient (Wildman–Crippen LogP) is 2.76. The summed E-state index contributed by atoms with van der Waals surface area (Å²) in [6, 6.07) is 10.8. The number of halogens is 1. The average molecular weight is 336 g/mol. The smallest absolute Gasteiger partial charge is 0.151 e. The Balaban J connectivity index is 2.02. The van der Waals surface area contributed by atoms with Gasteiger partial charge in [-0.05, 0) is 17.2 Å². The second-order valence-electron chi connectivity index (χ2n) is 4.91. The predicted molar refractivity (Wildman–Crippen MR) is 86.3 cm³/mol. The Hall–Kier alpha value is -2.10. The highest BCUT2D eigenvalue weighted by Crippen LogP contribution is 2.20. The van der Waals surface area contributed by atoms with E-state index in [4.69, 9.17) is 16.9 Å². The SMILES string of the molecule is CS(=O)(=O)Cc1ccc(CNc2ncc(C#N)cc2Cl)cc1. The van der Waals surface area contributed by atoms with E-state index in [-0.39, 0.29) is 5.75 Å². The van der Waals surface area contributed by atoms with Crippen LogP contribution < -0.4 is 5.32 Å². The highest BCUT2D eigenvalue weighted by molar-refractivity contribution is 7.89. The van der Waals surface area contributed by atoms with Gasteiger partial charge in [-0.1, -0.05) is 35.9 Å². The van der Waals surface area contributed by atoms with Crippen molar-refractivity contribution < 1.29 is 8.42 Å². The normalized spacial score (nSPS) is 11.0. The fourth-order valence-corrected chi connectivity index (χ4v) is 2.90. The van der Waals surface area contributed by atoms with E-state index in [1.54, 1.807) is 18.2 Å². The zero-order chi connectivity index (χ0) is 16.2. The molecule has 0 aliphatic carbocycles. The quantitative estimate of drug-likeness (QED) is 0.908. The fraction of sp³-hybridized carbons (Fsp3) is 0.200. The second kappa shape index (κ2) is 6.77. The Kier molecular flexibility index (Phi) is 5.01. The summed E-state index contributed by atoms with van der Waals surface area (Å²) in [7, 11) is -3.03. The third-order valence-electron chi connectivity index (χ3n) is 2.88. The monoisotopic (exact) mass is 335 g/mol. The number of rotatable bonds is 5. The molecule has 7 heteroatoms. The Morgan fingerprint density at radius 3 is 2.45 bits per heavy atom. The highest BCUT2D eigenvalue weighted by Gasteiger charge is 2.06. The molecule has 0 aliphatic rings. The molecule has 0 amide bonds. The molecule has 0 spiro atoms. The topological polar surface area (TPSA) is 82.8 Å². The minimum Gasteiger partial charge on any atom is -0.365 e. The van der Waals surface area contributed by atoms with Crippen LogP contribution in [0.3, 0.4) is 0 Å². The molecule has 2 aromatic rings. The Labute approximate surface area is 134 Å². The summed E-state index contributed by atoms with van der Waals surface area (Å²) in [4.78, 5) is 4.09. The average Bonchev–Trinajstić information content (AvgIpc) is 2.46. The van der Waals surface area contributed by atoms with Gasteiger partial charge in [-0.25, -0.2) is 13.4 Å². The summed E-state index contributed by atoms with van der Waals surface area (Å²) in [5.41, 5.74) is 2.13. The van der Waals surface area contributed by atoms with Gasteiger partial charge in [-0.2, -0.15) is 5.26 Å². The first kappa shape index (κ1) is 16.3. The van der Waals surface area contributed by atoms with E-state index in [9.17, 15) is 8.42 Å². The van der Waals surface area contributed by atoms with Crippen molar-refractivity contribution in [2.45, 2.75) is 12.3 Å². The van der Waals surface area contributed by atoms with Crippen LogP contribution in [0.15, 0.2) is 36.5 Å². The molecule has 0 saturated heterocycles. The first-order valence-electron chi connectivity index (χ1n) is 6.42. The first-order chi connectivity index (χ1) is 10.4. The van der Waals surface area contributed by atoms with Crippen LogP contribution in [0.2, 0.25) is 5.02 Å². The molecule has 0 saturated carbocycles. The minimum atomic E-state index is -3.03. The molecule has 1 heterocycles. The van der Waals surface area contributed by atoms with Gasteiger partial charge in [0, 0.05) is 19.0 Å². The number of pyridine rings is 1. The van der Waals surface area contributed by atoms with Crippen molar-refractivity contribution in [2.75, 3.05) is 11.6 Å². The molecule has 0 unspecified atom stereocenters. The van der Waals surface area contributed by atoms with Crippen molar-refractivity contribution in [1.29, 1.82) is 5.26 Å². The maximum absolute atomic E-state index is 11.2. The van der Waals surface area contributed by atoms with E-state index in [0.717, 1.165) is 11.1 Å². The molecule has 0 atom stereocenters. The van der Waals surface area contributed by atoms with Crippen molar-refractivity contribution in [1.82, 2.24) is 4.98 Å². The number of aromatic nitrogens is 1. The Bertz CT molecular complexity index is 812. The maximum atomic E-state index is 11.2. The minimum absolute atomic E-state index is 0.0315. The van der Waals surface area contributed by atoms with E-state index >= 15 is 0 Å². The Morgan fingerprint density at radius 1 is 1.27 bits per heavy atom. The van der Waals surface area contributed by atoms with Gasteiger partial charge >= 0.3 is 0 Å². The van der Waals surface area contributed by atoms with Crippen LogP contribution in [0.1, 0.15) is 16.7 Å². The zero-order valence-corrected chi connectivity index (χ0v) is 13.4. The third-order valence-corrected chi connectivity index (χ3v) is 4.03. The van der Waals surface area contributed by atoms with Crippen LogP contribution in [0.25, 0.3) is 0 Å². The van der Waals surface area contributed by atoms with Crippen LogP contribution in [0.5, 0.6) is 0 Å². The second-order valence-corrected chi connectivity index (χ2v) is 7.45. The molecule has 0 radical (unpaired) electrons. The first-order valence-corrected chi connectivity index (χ1v) is 8.86. The zero-order valence-electron chi connectivity index (χ0n) is 11.9. The summed E-state index contributed by atoms with van der Waals surface area (Å²) in [5, 5.41) is 12.2. The van der Waals surface area contributed by atoms with Crippen LogP contribution >= 0.6 is 11.6 Å². The number of hydrogen-bond donors (Lipinski definition) is 1. The number of hydrogen-bond acceptors (Lipinski definition) is 5. The fourth-order valence-electron chi connectivity index (χ4n) is 1.87. The summed E-state index contributed by atoms with van der Waals surface area (Å²) >= 11 is 6.03. The number of anilines is 1. The summed E-state index contributed by atoms with van der Waals surface area (Å²) < 4.78 is 22.5. The number of nitriles is 1. The van der Waals surface area contributed by atoms with Gasteiger partial charge in [0.2, 0.25) is 0 Å². The van der Waals surface area contributed by atoms with Gasteiger partial charge in [-0.3, -0.25) is 0 Å². The number of nitrogens with zero attached hydrogens (tertiary/aromatic N) is 2. The van der Waals surface area contributed by atoms with E-state index in [1.807, 2.05) is 18.2 Å². The van der Waals surface area contributed by atoms with Gasteiger partial charge in [0.15, 0.2) is 9.84 Å². The van der Waals surface area contributed by atoms with Crippen molar-refractivity contribution in [3.05, 3.63) is 58.2 Å². The van der Waals surface area contributed by atoms with E-state index in [1.165, 1.54) is 12.5 Å². The summed E-state index contributed by atoms with van der Waals surface area (Å²) in [6.45, 7) is 0.498. The summed E-state index contributed by atoms with van der Waals surface area (Å²) in [5.74, 6) is 0.532. The van der Waals surface area contributed by atoms with Gasteiger partial charge in [0.05, 0.1) is 16.3 Å². The molecule has 114 valence electrons. The van der Waals surface area contributed by atoms with Crippen molar-refractivity contribution >= 4 is 27.3 Å². The van der Waals surface area contributed by atoms with Gasteiger partial charge in [-0.15, -0.1) is 0 Å². The van der Waals surface area contributed by atoms with Gasteiger partial charge in [0.25, 0.3) is 0 Å². The van der Waals surface area contributed by atoms with Crippen molar-refractivity contribution in [3.8, 4) is 6.07 Å². The van der Waals surface area contributed by atoms with Gasteiger partial charge < -0.3 is 5.32 Å². The molecule has 1 aromatic carbocycles. The highest BCUT2D eigenvalue weighted by atomic mass is 35.5. The number of nitrogens with one attached hydrogen (secondary N) is 1. The van der Waals surface area contributed by atoms with E-state index < -0.39 is 9.84 Å². The van der Waals surface area contributed by atoms with Gasteiger partial charge in [0.1, 0.15) is 11.9 Å². The van der Waals surface area contributed by atoms with Crippen LogP contribution in [0, 0.1) is 11.3 Å². The lowest BCUT2D eigenvalue weighted by atomic mass is 10.1. The maximum Gasteiger partial charge on any atom is 0.151 e. The number of benzene rings is 1. The van der Waals surface area contributed by atoms with Crippen LogP contribution in [0.4, 0.5) is 5.82 Å². The lowest BCUT2D eigenvalue weighted by Gasteiger charge is -2.08. The standard InChI is InChI=1S/C15H14ClN3O2S/c1-22(20,21)10-12-4-2-11(3-5-12)8-18-15-14(16)6-13(7-17)9-19-15/h2-6,9H,8,10H2,1H3,(H,18,19). The summed E-state index contributed by atoms with van der Waals surface area (Å²) in [6.07, 6.45) is 2.66. The molecule has 1 N–H and O–H groups in total. The van der Waals surface area contributed by atoms with E-state index in [2.05, 4.69) is 10.3 Å². The lowest BCUT2D eigenvalue weighted by molar-refractivity contribution is 0.601. The molecule has 0 bridgehead atoms. The third kappa shape index (κ3) is 4.72.